The quantitative estimate of drug-likeness (QED) is 0.230. The molecule has 42 heavy (non-hydrogen) atoms. The number of nitrogens with zero attached hydrogens (tertiary/aromatic N) is 1. The number of hydrogen-bond acceptors (Lipinski definition) is 6. The van der Waals surface area contributed by atoms with Crippen LogP contribution < -0.4 is 40.8 Å². The van der Waals surface area contributed by atoms with E-state index in [1.54, 1.807) is 21.3 Å². The second-order valence-electron chi connectivity index (χ2n) is 12.8. The number of rotatable bonds is 12. The van der Waals surface area contributed by atoms with Crippen molar-refractivity contribution in [2.24, 2.45) is 15.6 Å². The highest BCUT2D eigenvalue weighted by Gasteiger charge is 2.31. The third-order valence-electron chi connectivity index (χ3n) is 7.90. The van der Waals surface area contributed by atoms with Crippen molar-refractivity contribution in [3.63, 3.8) is 0 Å². The first kappa shape index (κ1) is 33.1. The van der Waals surface area contributed by atoms with Crippen LogP contribution in [0.5, 0.6) is 17.2 Å². The SMILES string of the molecule is C=C(N[C@@H](CN=P(c1ccc(OC)cc1)(c1ccc(OC)cc1)c1ccc(OC)cc1)C(C)(C)C)N[C@H](C)C(C)(C)C. The molecule has 7 heteroatoms. The maximum Gasteiger partial charge on any atom is 0.118 e. The van der Waals surface area contributed by atoms with E-state index in [0.717, 1.165) is 39.0 Å². The molecule has 0 aliphatic rings. The van der Waals surface area contributed by atoms with E-state index in [0.29, 0.717) is 6.54 Å². The summed E-state index contributed by atoms with van der Waals surface area (Å²) in [6.07, 6.45) is 0. The van der Waals surface area contributed by atoms with E-state index in [1.807, 2.05) is 36.4 Å². The minimum atomic E-state index is -2.50. The number of ether oxygens (including phenoxy) is 3. The summed E-state index contributed by atoms with van der Waals surface area (Å²) in [5.74, 6) is 3.25. The monoisotopic (exact) mass is 591 g/mol. The molecule has 0 aliphatic heterocycles. The van der Waals surface area contributed by atoms with Crippen molar-refractivity contribution in [2.75, 3.05) is 27.9 Å². The van der Waals surface area contributed by atoms with E-state index in [9.17, 15) is 0 Å². The van der Waals surface area contributed by atoms with Gasteiger partial charge >= 0.3 is 0 Å². The third-order valence-corrected chi connectivity index (χ3v) is 11.6. The van der Waals surface area contributed by atoms with E-state index < -0.39 is 7.05 Å². The summed E-state index contributed by atoms with van der Waals surface area (Å²) in [6, 6.07) is 25.3. The maximum atomic E-state index is 5.74. The Kier molecular flexibility index (Phi) is 10.8. The lowest BCUT2D eigenvalue weighted by molar-refractivity contribution is 0.264. The van der Waals surface area contributed by atoms with Gasteiger partial charge in [-0.2, -0.15) is 0 Å². The highest BCUT2D eigenvalue weighted by molar-refractivity contribution is 7.87. The average molecular weight is 592 g/mol. The Morgan fingerprint density at radius 3 is 1.31 bits per heavy atom. The van der Waals surface area contributed by atoms with Crippen LogP contribution in [0, 0.1) is 10.8 Å². The second kappa shape index (κ2) is 13.7. The third kappa shape index (κ3) is 7.92. The Hall–Kier alpha value is -3.37. The van der Waals surface area contributed by atoms with Gasteiger partial charge in [0.2, 0.25) is 0 Å². The summed E-state index contributed by atoms with van der Waals surface area (Å²) in [5, 5.41) is 10.7. The van der Waals surface area contributed by atoms with Gasteiger partial charge in [-0.05, 0) is 90.6 Å². The van der Waals surface area contributed by atoms with Crippen LogP contribution in [-0.2, 0) is 0 Å². The van der Waals surface area contributed by atoms with E-state index in [1.165, 1.54) is 0 Å². The van der Waals surface area contributed by atoms with Gasteiger partial charge < -0.3 is 24.8 Å². The van der Waals surface area contributed by atoms with Crippen molar-refractivity contribution in [2.45, 2.75) is 60.5 Å². The predicted molar refractivity (Wildman–Crippen MR) is 180 cm³/mol. The summed E-state index contributed by atoms with van der Waals surface area (Å²) in [6.45, 7) is 20.5. The van der Waals surface area contributed by atoms with Crippen molar-refractivity contribution >= 4 is 23.0 Å². The van der Waals surface area contributed by atoms with Crippen LogP contribution in [-0.4, -0.2) is 40.0 Å². The van der Waals surface area contributed by atoms with Gasteiger partial charge in [-0.25, -0.2) is 0 Å². The molecule has 6 nitrogen and oxygen atoms in total. The van der Waals surface area contributed by atoms with E-state index in [4.69, 9.17) is 19.0 Å². The molecule has 2 N–H and O–H groups in total. The summed E-state index contributed by atoms with van der Waals surface area (Å²) >= 11 is 0. The Balaban J connectivity index is 2.23. The standard InChI is InChI=1S/C35H50N3O3P/c1-25(34(3,4)5)37-26(2)38-33(35(6,7)8)24-36-42(30-18-12-27(39-9)13-19-30,31-20-14-28(40-10)15-21-31)32-22-16-29(41-11)17-23-32/h12-23,25,33,37-38H,2,24H2,1,3-11H3/t25-,33+/m1/s1. The van der Waals surface area contributed by atoms with Gasteiger partial charge in [0.15, 0.2) is 0 Å². The molecule has 3 rings (SSSR count). The van der Waals surface area contributed by atoms with Crippen LogP contribution in [0.2, 0.25) is 0 Å². The van der Waals surface area contributed by atoms with Crippen LogP contribution in [0.4, 0.5) is 0 Å². The molecule has 0 fully saturated rings. The zero-order chi connectivity index (χ0) is 31.1. The normalized spacial score (nSPS) is 13.5. The molecule has 0 heterocycles. The number of methoxy groups -OCH3 is 3. The first-order valence-corrected chi connectivity index (χ1v) is 16.2. The molecule has 0 aliphatic carbocycles. The van der Waals surface area contributed by atoms with E-state index in [2.05, 4.69) is 102 Å². The molecule has 228 valence electrons. The molecule has 0 amide bonds. The molecule has 0 spiro atoms. The van der Waals surface area contributed by atoms with Crippen molar-refractivity contribution in [1.29, 1.82) is 0 Å². The lowest BCUT2D eigenvalue weighted by Gasteiger charge is -2.36. The molecule has 0 saturated heterocycles. The molecule has 0 radical (unpaired) electrons. The molecule has 2 atom stereocenters. The molecule has 0 aromatic heterocycles. The van der Waals surface area contributed by atoms with Gasteiger partial charge in [0.25, 0.3) is 0 Å². The predicted octanol–water partition coefficient (Wildman–Crippen LogP) is 6.69. The Labute approximate surface area is 253 Å². The van der Waals surface area contributed by atoms with Gasteiger partial charge in [0.1, 0.15) is 17.2 Å². The topological polar surface area (TPSA) is 64.1 Å². The van der Waals surface area contributed by atoms with Crippen molar-refractivity contribution in [3.05, 3.63) is 85.2 Å². The molecular weight excluding hydrogens is 541 g/mol. The Morgan fingerprint density at radius 2 is 1.02 bits per heavy atom. The highest BCUT2D eigenvalue weighted by Crippen LogP contribution is 2.47. The maximum absolute atomic E-state index is 5.74. The second-order valence-corrected chi connectivity index (χ2v) is 15.9. The van der Waals surface area contributed by atoms with E-state index >= 15 is 0 Å². The fourth-order valence-electron chi connectivity index (χ4n) is 4.56. The van der Waals surface area contributed by atoms with Gasteiger partial charge in [0.05, 0.1) is 46.8 Å². The van der Waals surface area contributed by atoms with Crippen LogP contribution in [0.15, 0.2) is 89.9 Å². The highest BCUT2D eigenvalue weighted by atomic mass is 31.2. The summed E-state index contributed by atoms with van der Waals surface area (Å²) in [4.78, 5) is 0. The molecule has 0 bridgehead atoms. The van der Waals surface area contributed by atoms with Crippen LogP contribution in [0.3, 0.4) is 0 Å². The van der Waals surface area contributed by atoms with E-state index in [-0.39, 0.29) is 22.9 Å². The molecule has 3 aromatic rings. The first-order chi connectivity index (χ1) is 19.7. The minimum Gasteiger partial charge on any atom is -0.497 e. The Morgan fingerprint density at radius 1 is 0.667 bits per heavy atom. The van der Waals surface area contributed by atoms with Crippen LogP contribution in [0.25, 0.3) is 0 Å². The van der Waals surface area contributed by atoms with Gasteiger partial charge in [-0.15, -0.1) is 0 Å². The lowest BCUT2D eigenvalue weighted by atomic mass is 9.86. The molecule has 0 saturated carbocycles. The fourth-order valence-corrected chi connectivity index (χ4v) is 8.09. The molecule has 0 unspecified atom stereocenters. The zero-order valence-corrected chi connectivity index (χ0v) is 28.0. The van der Waals surface area contributed by atoms with Crippen molar-refractivity contribution in [1.82, 2.24) is 10.6 Å². The smallest absolute Gasteiger partial charge is 0.118 e. The largest absolute Gasteiger partial charge is 0.497 e. The number of hydrogen-bond donors (Lipinski definition) is 2. The summed E-state index contributed by atoms with van der Waals surface area (Å²) in [5.41, 5.74) is 0.0124. The van der Waals surface area contributed by atoms with Crippen molar-refractivity contribution < 1.29 is 14.2 Å². The van der Waals surface area contributed by atoms with Gasteiger partial charge in [-0.1, -0.05) is 48.1 Å². The number of benzene rings is 3. The molecule has 3 aromatic carbocycles. The Bertz CT molecular complexity index is 1230. The first-order valence-electron chi connectivity index (χ1n) is 14.5. The van der Waals surface area contributed by atoms with Crippen LogP contribution in [0.1, 0.15) is 48.5 Å². The fraction of sp³-hybridized carbons (Fsp3) is 0.429. The summed E-state index contributed by atoms with van der Waals surface area (Å²) in [7, 11) is 2.57. The average Bonchev–Trinajstić information content (AvgIpc) is 2.96. The number of nitrogens with one attached hydrogen (secondary N) is 2. The van der Waals surface area contributed by atoms with Crippen LogP contribution >= 0.6 is 7.05 Å². The molecular formula is C35H50N3O3P. The summed E-state index contributed by atoms with van der Waals surface area (Å²) < 4.78 is 22.3. The van der Waals surface area contributed by atoms with Gasteiger partial charge in [0, 0.05) is 22.0 Å². The minimum absolute atomic E-state index is 0.0267. The zero-order valence-electron chi connectivity index (χ0n) is 27.1. The lowest BCUT2D eigenvalue weighted by Crippen LogP contribution is -2.48. The van der Waals surface area contributed by atoms with Gasteiger partial charge in [-0.3, -0.25) is 4.74 Å². The van der Waals surface area contributed by atoms with Crippen molar-refractivity contribution in [3.8, 4) is 17.2 Å².